The number of thiazole rings is 1. The van der Waals surface area contributed by atoms with Crippen LogP contribution in [0.2, 0.25) is 0 Å². The van der Waals surface area contributed by atoms with E-state index in [1.54, 1.807) is 31.0 Å². The van der Waals surface area contributed by atoms with Gasteiger partial charge in [0.1, 0.15) is 22.9 Å². The molecule has 24 heavy (non-hydrogen) atoms. The van der Waals surface area contributed by atoms with Crippen molar-refractivity contribution >= 4 is 33.7 Å². The van der Waals surface area contributed by atoms with Crippen molar-refractivity contribution in [2.45, 2.75) is 0 Å². The van der Waals surface area contributed by atoms with Crippen LogP contribution in [0.3, 0.4) is 0 Å². The van der Waals surface area contributed by atoms with Gasteiger partial charge in [0.05, 0.1) is 17.3 Å². The number of imidazole rings is 1. The SMILES string of the molecule is COc1ccc2nc(/C=C/c3ccc(-n4ccnc4)nc3)sc2c1. The number of pyridine rings is 1. The van der Waals surface area contributed by atoms with Gasteiger partial charge in [0.25, 0.3) is 0 Å². The molecule has 4 rings (SSSR count). The van der Waals surface area contributed by atoms with E-state index in [9.17, 15) is 0 Å². The highest BCUT2D eigenvalue weighted by atomic mass is 32.1. The zero-order valence-electron chi connectivity index (χ0n) is 13.0. The van der Waals surface area contributed by atoms with E-state index >= 15 is 0 Å². The standard InChI is InChI=1S/C18H14N4OS/c1-23-14-4-5-15-16(10-14)24-18(21-15)7-3-13-2-6-17(20-11-13)22-9-8-19-12-22/h2-12H,1H3/b7-3+. The molecule has 4 aromatic rings. The normalized spacial score (nSPS) is 11.4. The van der Waals surface area contributed by atoms with Crippen molar-refractivity contribution in [3.8, 4) is 11.6 Å². The average molecular weight is 334 g/mol. The zero-order chi connectivity index (χ0) is 16.4. The number of fused-ring (bicyclic) bond motifs is 1. The van der Waals surface area contributed by atoms with Gasteiger partial charge in [0.15, 0.2) is 0 Å². The first kappa shape index (κ1) is 14.6. The van der Waals surface area contributed by atoms with Crippen LogP contribution in [0.15, 0.2) is 55.2 Å². The Morgan fingerprint density at radius 3 is 2.88 bits per heavy atom. The summed E-state index contributed by atoms with van der Waals surface area (Å²) >= 11 is 1.64. The molecule has 1 aromatic carbocycles. The molecule has 0 saturated carbocycles. The van der Waals surface area contributed by atoms with Crippen LogP contribution >= 0.6 is 11.3 Å². The molecule has 0 bridgehead atoms. The number of aromatic nitrogens is 4. The third-order valence-electron chi connectivity index (χ3n) is 3.57. The maximum atomic E-state index is 5.25. The lowest BCUT2D eigenvalue weighted by Gasteiger charge is -2.00. The summed E-state index contributed by atoms with van der Waals surface area (Å²) in [6.07, 6.45) is 11.2. The fourth-order valence-corrected chi connectivity index (χ4v) is 3.23. The maximum Gasteiger partial charge on any atom is 0.137 e. The summed E-state index contributed by atoms with van der Waals surface area (Å²) in [5, 5.41) is 0.955. The molecule has 0 radical (unpaired) electrons. The minimum absolute atomic E-state index is 0.844. The minimum atomic E-state index is 0.844. The van der Waals surface area contributed by atoms with Gasteiger partial charge in [-0.15, -0.1) is 11.3 Å². The number of nitrogens with zero attached hydrogens (tertiary/aromatic N) is 4. The first-order valence-corrected chi connectivity index (χ1v) is 8.20. The first-order chi connectivity index (χ1) is 11.8. The van der Waals surface area contributed by atoms with Crippen molar-refractivity contribution in [2.75, 3.05) is 7.11 Å². The Balaban J connectivity index is 1.56. The van der Waals surface area contributed by atoms with Gasteiger partial charge in [0, 0.05) is 18.6 Å². The monoisotopic (exact) mass is 334 g/mol. The van der Waals surface area contributed by atoms with Crippen LogP contribution in [0.25, 0.3) is 28.2 Å². The molecular formula is C18H14N4OS. The topological polar surface area (TPSA) is 52.8 Å². The molecule has 0 saturated heterocycles. The fraction of sp³-hybridized carbons (Fsp3) is 0.0556. The van der Waals surface area contributed by atoms with Gasteiger partial charge in [-0.1, -0.05) is 6.08 Å². The Morgan fingerprint density at radius 2 is 2.12 bits per heavy atom. The molecule has 0 aliphatic carbocycles. The highest BCUT2D eigenvalue weighted by molar-refractivity contribution is 7.19. The van der Waals surface area contributed by atoms with Crippen LogP contribution in [0, 0.1) is 0 Å². The van der Waals surface area contributed by atoms with Crippen molar-refractivity contribution in [1.29, 1.82) is 0 Å². The summed E-state index contributed by atoms with van der Waals surface area (Å²) in [4.78, 5) is 13.1. The quantitative estimate of drug-likeness (QED) is 0.565. The number of hydrogen-bond donors (Lipinski definition) is 0. The summed E-state index contributed by atoms with van der Waals surface area (Å²) in [6.45, 7) is 0. The highest BCUT2D eigenvalue weighted by Crippen LogP contribution is 2.27. The summed E-state index contributed by atoms with van der Waals surface area (Å²) < 4.78 is 8.23. The van der Waals surface area contributed by atoms with Crippen LogP contribution in [-0.2, 0) is 0 Å². The highest BCUT2D eigenvalue weighted by Gasteiger charge is 2.03. The lowest BCUT2D eigenvalue weighted by molar-refractivity contribution is 0.415. The Bertz CT molecular complexity index is 988. The molecule has 5 nitrogen and oxygen atoms in total. The number of ether oxygens (including phenoxy) is 1. The predicted molar refractivity (Wildman–Crippen MR) is 96.5 cm³/mol. The lowest BCUT2D eigenvalue weighted by Crippen LogP contribution is -1.93. The molecule has 0 amide bonds. The van der Waals surface area contributed by atoms with E-state index in [-0.39, 0.29) is 0 Å². The van der Waals surface area contributed by atoms with Crippen LogP contribution < -0.4 is 4.74 Å². The fourth-order valence-electron chi connectivity index (χ4n) is 2.33. The van der Waals surface area contributed by atoms with E-state index in [0.29, 0.717) is 0 Å². The van der Waals surface area contributed by atoms with Crippen LogP contribution in [0.5, 0.6) is 5.75 Å². The van der Waals surface area contributed by atoms with Crippen LogP contribution in [0.1, 0.15) is 10.6 Å². The van der Waals surface area contributed by atoms with E-state index in [1.807, 2.05) is 59.4 Å². The molecule has 0 aliphatic heterocycles. The molecule has 0 unspecified atom stereocenters. The molecule has 0 fully saturated rings. The van der Waals surface area contributed by atoms with Gasteiger partial charge in [0.2, 0.25) is 0 Å². The smallest absolute Gasteiger partial charge is 0.137 e. The van der Waals surface area contributed by atoms with Crippen molar-refractivity contribution in [3.63, 3.8) is 0 Å². The van der Waals surface area contributed by atoms with Gasteiger partial charge in [-0.05, 0) is 42.0 Å². The second-order valence-corrected chi connectivity index (χ2v) is 6.20. The third kappa shape index (κ3) is 2.91. The summed E-state index contributed by atoms with van der Waals surface area (Å²) in [7, 11) is 1.67. The third-order valence-corrected chi connectivity index (χ3v) is 4.55. The molecule has 0 N–H and O–H groups in total. The largest absolute Gasteiger partial charge is 0.497 e. The van der Waals surface area contributed by atoms with E-state index in [4.69, 9.17) is 4.74 Å². The number of hydrogen-bond acceptors (Lipinski definition) is 5. The number of rotatable bonds is 4. The summed E-state index contributed by atoms with van der Waals surface area (Å²) in [5.41, 5.74) is 2.00. The van der Waals surface area contributed by atoms with Crippen molar-refractivity contribution in [3.05, 3.63) is 65.8 Å². The van der Waals surface area contributed by atoms with E-state index in [0.717, 1.165) is 32.4 Å². The summed E-state index contributed by atoms with van der Waals surface area (Å²) in [5.74, 6) is 1.69. The Morgan fingerprint density at radius 1 is 1.17 bits per heavy atom. The van der Waals surface area contributed by atoms with E-state index < -0.39 is 0 Å². The van der Waals surface area contributed by atoms with Gasteiger partial charge < -0.3 is 4.74 Å². The molecular weight excluding hydrogens is 320 g/mol. The van der Waals surface area contributed by atoms with E-state index in [1.165, 1.54) is 0 Å². The second-order valence-electron chi connectivity index (χ2n) is 5.14. The van der Waals surface area contributed by atoms with E-state index in [2.05, 4.69) is 15.0 Å². The molecule has 0 aliphatic rings. The maximum absolute atomic E-state index is 5.25. The Kier molecular flexibility index (Phi) is 3.80. The van der Waals surface area contributed by atoms with Crippen molar-refractivity contribution < 1.29 is 4.74 Å². The molecule has 3 aromatic heterocycles. The first-order valence-electron chi connectivity index (χ1n) is 7.39. The predicted octanol–water partition coefficient (Wildman–Crippen LogP) is 4.06. The van der Waals surface area contributed by atoms with Crippen molar-refractivity contribution in [2.24, 2.45) is 0 Å². The Labute approximate surface area is 142 Å². The molecule has 3 heterocycles. The molecule has 6 heteroatoms. The van der Waals surface area contributed by atoms with Crippen LogP contribution in [-0.4, -0.2) is 26.6 Å². The molecule has 0 atom stereocenters. The van der Waals surface area contributed by atoms with Gasteiger partial charge >= 0.3 is 0 Å². The van der Waals surface area contributed by atoms with Crippen LogP contribution in [0.4, 0.5) is 0 Å². The van der Waals surface area contributed by atoms with Gasteiger partial charge in [-0.3, -0.25) is 4.57 Å². The summed E-state index contributed by atoms with van der Waals surface area (Å²) in [6, 6.07) is 9.89. The zero-order valence-corrected chi connectivity index (χ0v) is 13.8. The number of benzene rings is 1. The average Bonchev–Trinajstić information content (AvgIpc) is 3.29. The van der Waals surface area contributed by atoms with Gasteiger partial charge in [-0.2, -0.15) is 0 Å². The Hall–Kier alpha value is -2.99. The molecule has 0 spiro atoms. The second kappa shape index (κ2) is 6.25. The van der Waals surface area contributed by atoms with Crippen molar-refractivity contribution in [1.82, 2.24) is 19.5 Å². The molecule has 118 valence electrons. The lowest BCUT2D eigenvalue weighted by atomic mass is 10.2. The minimum Gasteiger partial charge on any atom is -0.497 e. The van der Waals surface area contributed by atoms with Gasteiger partial charge in [-0.25, -0.2) is 15.0 Å². The number of methoxy groups -OCH3 is 1.